The first kappa shape index (κ1) is 6.65. The van der Waals surface area contributed by atoms with Gasteiger partial charge in [0.25, 0.3) is 0 Å². The molecule has 0 amide bonds. The molecule has 0 fully saturated rings. The minimum Gasteiger partial charge on any atom is -0.466 e. The van der Waals surface area contributed by atoms with E-state index in [4.69, 9.17) is 21.8 Å². The van der Waals surface area contributed by atoms with Gasteiger partial charge in [-0.25, -0.2) is 0 Å². The fourth-order valence-electron chi connectivity index (χ4n) is 0.567. The van der Waals surface area contributed by atoms with Crippen LogP contribution in [0.3, 0.4) is 0 Å². The fourth-order valence-corrected chi connectivity index (χ4v) is 0.719. The van der Waals surface area contributed by atoms with Crippen LogP contribution in [0.25, 0.3) is 0 Å². The van der Waals surface area contributed by atoms with E-state index in [0.717, 1.165) is 5.76 Å². The first-order valence-corrected chi connectivity index (χ1v) is 3.07. The number of hydrogen-bond donors (Lipinski definition) is 1. The minimum absolute atomic E-state index is 0.0718. The smallest absolute Gasteiger partial charge is 0.121 e. The molecule has 50 valence electrons. The van der Waals surface area contributed by atoms with E-state index in [9.17, 15) is 0 Å². The molecule has 2 nitrogen and oxygen atoms in total. The van der Waals surface area contributed by atoms with E-state index < -0.39 is 0 Å². The van der Waals surface area contributed by atoms with Crippen molar-refractivity contribution in [2.45, 2.75) is 13.0 Å². The molecule has 3 heteroatoms. The van der Waals surface area contributed by atoms with E-state index in [0.29, 0.717) is 5.02 Å². The zero-order chi connectivity index (χ0) is 6.85. The minimum atomic E-state index is -0.0718. The Morgan fingerprint density at radius 3 is 2.67 bits per heavy atom. The predicted molar refractivity (Wildman–Crippen MR) is 36.3 cm³/mol. The van der Waals surface area contributed by atoms with Crippen LogP contribution in [0.1, 0.15) is 18.7 Å². The van der Waals surface area contributed by atoms with Gasteiger partial charge in [0.05, 0.1) is 11.1 Å². The van der Waals surface area contributed by atoms with Crippen LogP contribution in [0.4, 0.5) is 0 Å². The predicted octanol–water partition coefficient (Wildman–Crippen LogP) is 1.95. The molecular formula is C6H8ClNO. The highest BCUT2D eigenvalue weighted by atomic mass is 35.5. The Kier molecular flexibility index (Phi) is 1.78. The van der Waals surface area contributed by atoms with Gasteiger partial charge in [-0.3, -0.25) is 0 Å². The first-order valence-electron chi connectivity index (χ1n) is 2.69. The van der Waals surface area contributed by atoms with E-state index in [1.54, 1.807) is 6.07 Å². The molecule has 2 N–H and O–H groups in total. The van der Waals surface area contributed by atoms with E-state index in [1.807, 2.05) is 6.92 Å². The van der Waals surface area contributed by atoms with Crippen molar-refractivity contribution in [2.24, 2.45) is 5.73 Å². The highest BCUT2D eigenvalue weighted by Crippen LogP contribution is 2.17. The maximum absolute atomic E-state index is 5.56. The average molecular weight is 146 g/mol. The zero-order valence-electron chi connectivity index (χ0n) is 5.10. The Labute approximate surface area is 58.6 Å². The van der Waals surface area contributed by atoms with Gasteiger partial charge in [0.1, 0.15) is 12.0 Å². The summed E-state index contributed by atoms with van der Waals surface area (Å²) in [5.41, 5.74) is 5.47. The Hall–Kier alpha value is -0.470. The SMILES string of the molecule is C[C@@H](N)c1cc(Cl)co1. The number of rotatable bonds is 1. The van der Waals surface area contributed by atoms with Crippen LogP contribution >= 0.6 is 11.6 Å². The van der Waals surface area contributed by atoms with Gasteiger partial charge in [-0.15, -0.1) is 0 Å². The molecule has 0 unspecified atom stereocenters. The molecule has 0 radical (unpaired) electrons. The molecule has 1 aromatic rings. The molecular weight excluding hydrogens is 138 g/mol. The summed E-state index contributed by atoms with van der Waals surface area (Å²) in [5, 5.41) is 0.599. The van der Waals surface area contributed by atoms with Crippen LogP contribution in [-0.4, -0.2) is 0 Å². The Bertz CT molecular complexity index is 195. The van der Waals surface area contributed by atoms with E-state index >= 15 is 0 Å². The van der Waals surface area contributed by atoms with Gasteiger partial charge in [0.2, 0.25) is 0 Å². The number of nitrogens with two attached hydrogens (primary N) is 1. The van der Waals surface area contributed by atoms with Crippen molar-refractivity contribution in [1.29, 1.82) is 0 Å². The van der Waals surface area contributed by atoms with Crippen LogP contribution < -0.4 is 5.73 Å². The van der Waals surface area contributed by atoms with E-state index in [-0.39, 0.29) is 6.04 Å². The molecule has 0 bridgehead atoms. The van der Waals surface area contributed by atoms with Crippen LogP contribution in [0.2, 0.25) is 5.02 Å². The molecule has 1 atom stereocenters. The lowest BCUT2D eigenvalue weighted by Crippen LogP contribution is -2.02. The van der Waals surface area contributed by atoms with Gasteiger partial charge in [-0.2, -0.15) is 0 Å². The molecule has 1 aromatic heterocycles. The highest BCUT2D eigenvalue weighted by molar-refractivity contribution is 6.30. The Morgan fingerprint density at radius 2 is 2.44 bits per heavy atom. The van der Waals surface area contributed by atoms with Crippen molar-refractivity contribution in [3.8, 4) is 0 Å². The molecule has 9 heavy (non-hydrogen) atoms. The van der Waals surface area contributed by atoms with Crippen LogP contribution in [-0.2, 0) is 0 Å². The van der Waals surface area contributed by atoms with Gasteiger partial charge in [0, 0.05) is 0 Å². The maximum atomic E-state index is 5.56. The molecule has 1 heterocycles. The van der Waals surface area contributed by atoms with Gasteiger partial charge in [-0.1, -0.05) is 11.6 Å². The third kappa shape index (κ3) is 1.47. The Morgan fingerprint density at radius 1 is 1.78 bits per heavy atom. The first-order chi connectivity index (χ1) is 4.20. The van der Waals surface area contributed by atoms with Crippen LogP contribution in [0.15, 0.2) is 16.7 Å². The molecule has 0 saturated carbocycles. The lowest BCUT2D eigenvalue weighted by molar-refractivity contribution is 0.480. The van der Waals surface area contributed by atoms with Gasteiger partial charge < -0.3 is 10.2 Å². The topological polar surface area (TPSA) is 39.2 Å². The third-order valence-electron chi connectivity index (χ3n) is 1.04. The van der Waals surface area contributed by atoms with E-state index in [1.165, 1.54) is 6.26 Å². The van der Waals surface area contributed by atoms with Crippen molar-refractivity contribution in [2.75, 3.05) is 0 Å². The summed E-state index contributed by atoms with van der Waals surface area (Å²) < 4.78 is 4.97. The van der Waals surface area contributed by atoms with Crippen LogP contribution in [0.5, 0.6) is 0 Å². The van der Waals surface area contributed by atoms with Crippen molar-refractivity contribution in [1.82, 2.24) is 0 Å². The standard InChI is InChI=1S/C6H8ClNO/c1-4(8)6-2-5(7)3-9-6/h2-4H,8H2,1H3/t4-/m1/s1. The maximum Gasteiger partial charge on any atom is 0.121 e. The summed E-state index contributed by atoms with van der Waals surface area (Å²) in [6.45, 7) is 1.84. The second kappa shape index (κ2) is 2.42. The summed E-state index contributed by atoms with van der Waals surface area (Å²) >= 11 is 5.56. The number of furan rings is 1. The molecule has 0 aliphatic carbocycles. The molecule has 0 spiro atoms. The average Bonchev–Trinajstić information content (AvgIpc) is 2.14. The van der Waals surface area contributed by atoms with Crippen molar-refractivity contribution in [3.05, 3.63) is 23.1 Å². The Balaban J connectivity index is 2.85. The lowest BCUT2D eigenvalue weighted by Gasteiger charge is -1.95. The molecule has 0 aliphatic rings. The van der Waals surface area contributed by atoms with Crippen molar-refractivity contribution in [3.63, 3.8) is 0 Å². The normalized spacial score (nSPS) is 13.7. The summed E-state index contributed by atoms with van der Waals surface area (Å²) in [4.78, 5) is 0. The lowest BCUT2D eigenvalue weighted by atomic mass is 10.3. The molecule has 0 saturated heterocycles. The van der Waals surface area contributed by atoms with E-state index in [2.05, 4.69) is 0 Å². The second-order valence-electron chi connectivity index (χ2n) is 1.96. The largest absolute Gasteiger partial charge is 0.466 e. The van der Waals surface area contributed by atoms with Gasteiger partial charge in [-0.05, 0) is 13.0 Å². The molecule has 0 aliphatic heterocycles. The molecule has 1 rings (SSSR count). The van der Waals surface area contributed by atoms with Crippen LogP contribution in [0, 0.1) is 0 Å². The summed E-state index contributed by atoms with van der Waals surface area (Å²) in [7, 11) is 0. The summed E-state index contributed by atoms with van der Waals surface area (Å²) in [6, 6.07) is 1.64. The zero-order valence-corrected chi connectivity index (χ0v) is 5.85. The van der Waals surface area contributed by atoms with Crippen molar-refractivity contribution >= 4 is 11.6 Å². The van der Waals surface area contributed by atoms with Gasteiger partial charge in [0.15, 0.2) is 0 Å². The van der Waals surface area contributed by atoms with Gasteiger partial charge >= 0.3 is 0 Å². The third-order valence-corrected chi connectivity index (χ3v) is 1.23. The quantitative estimate of drug-likeness (QED) is 0.656. The highest BCUT2D eigenvalue weighted by Gasteiger charge is 2.02. The number of hydrogen-bond acceptors (Lipinski definition) is 2. The molecule has 0 aromatic carbocycles. The second-order valence-corrected chi connectivity index (χ2v) is 2.39. The fraction of sp³-hybridized carbons (Fsp3) is 0.333. The van der Waals surface area contributed by atoms with Crippen molar-refractivity contribution < 1.29 is 4.42 Å². The summed E-state index contributed by atoms with van der Waals surface area (Å²) in [6.07, 6.45) is 1.47. The monoisotopic (exact) mass is 145 g/mol. The number of halogens is 1. The summed E-state index contributed by atoms with van der Waals surface area (Å²) in [5.74, 6) is 0.722.